The molecule has 0 aliphatic heterocycles. The number of nitrogens with zero attached hydrogens (tertiary/aromatic N) is 3. The van der Waals surface area contributed by atoms with E-state index in [0.29, 0.717) is 5.56 Å². The Morgan fingerprint density at radius 3 is 2.59 bits per heavy atom. The number of benzene rings is 2. The van der Waals surface area contributed by atoms with E-state index in [4.69, 9.17) is 0 Å². The molecule has 0 aliphatic carbocycles. The van der Waals surface area contributed by atoms with Gasteiger partial charge in [-0.1, -0.05) is 24.3 Å². The number of nitro groups is 1. The Morgan fingerprint density at radius 2 is 1.93 bits per heavy atom. The molecule has 0 bridgehead atoms. The van der Waals surface area contributed by atoms with Crippen LogP contribution in [0.25, 0.3) is 5.69 Å². The molecule has 2 aromatic carbocycles. The molecule has 1 N–H and O–H groups in total. The minimum atomic E-state index is -3.91. The highest BCUT2D eigenvalue weighted by molar-refractivity contribution is 7.89. The molecule has 1 heterocycles. The van der Waals surface area contributed by atoms with Gasteiger partial charge in [0.1, 0.15) is 5.82 Å². The molecule has 0 saturated heterocycles. The molecule has 3 aromatic rings. The molecule has 3 rings (SSSR count). The quantitative estimate of drug-likeness (QED) is 0.518. The van der Waals surface area contributed by atoms with E-state index in [1.165, 1.54) is 12.1 Å². The summed E-state index contributed by atoms with van der Waals surface area (Å²) in [6.07, 6.45) is 3.47. The van der Waals surface area contributed by atoms with E-state index >= 15 is 0 Å². The predicted molar refractivity (Wildman–Crippen MR) is 100 cm³/mol. The Hall–Kier alpha value is -3.04. The molecule has 9 heteroatoms. The van der Waals surface area contributed by atoms with E-state index in [-0.39, 0.29) is 17.1 Å². The van der Waals surface area contributed by atoms with Gasteiger partial charge in [-0.3, -0.25) is 10.1 Å². The molecule has 0 atom stereocenters. The lowest BCUT2D eigenvalue weighted by Gasteiger charge is -2.13. The van der Waals surface area contributed by atoms with Crippen LogP contribution < -0.4 is 4.72 Å². The monoisotopic (exact) mass is 386 g/mol. The van der Waals surface area contributed by atoms with Crippen molar-refractivity contribution in [2.45, 2.75) is 25.3 Å². The summed E-state index contributed by atoms with van der Waals surface area (Å²) in [6.45, 7) is 3.45. The van der Waals surface area contributed by atoms with Gasteiger partial charge < -0.3 is 4.57 Å². The van der Waals surface area contributed by atoms with Crippen molar-refractivity contribution in [3.05, 3.63) is 81.9 Å². The second-order valence-corrected chi connectivity index (χ2v) is 7.77. The van der Waals surface area contributed by atoms with Crippen molar-refractivity contribution >= 4 is 15.7 Å². The van der Waals surface area contributed by atoms with Crippen molar-refractivity contribution in [3.63, 3.8) is 0 Å². The molecule has 0 saturated carbocycles. The van der Waals surface area contributed by atoms with Crippen molar-refractivity contribution in [1.29, 1.82) is 0 Å². The minimum absolute atomic E-state index is 0.0395. The summed E-state index contributed by atoms with van der Waals surface area (Å²) < 4.78 is 29.6. The smallest absolute Gasteiger partial charge is 0.273 e. The van der Waals surface area contributed by atoms with Crippen LogP contribution in [-0.4, -0.2) is 22.9 Å². The second kappa shape index (κ2) is 7.29. The highest BCUT2D eigenvalue weighted by atomic mass is 32.2. The summed E-state index contributed by atoms with van der Waals surface area (Å²) in [5.41, 5.74) is 1.74. The van der Waals surface area contributed by atoms with Crippen molar-refractivity contribution in [2.75, 3.05) is 0 Å². The van der Waals surface area contributed by atoms with Gasteiger partial charge in [-0.15, -0.1) is 0 Å². The third-order valence-electron chi connectivity index (χ3n) is 4.22. The van der Waals surface area contributed by atoms with Crippen molar-refractivity contribution in [2.24, 2.45) is 0 Å². The normalized spacial score (nSPS) is 11.5. The lowest BCUT2D eigenvalue weighted by atomic mass is 10.2. The fourth-order valence-corrected chi connectivity index (χ4v) is 3.76. The first-order chi connectivity index (χ1) is 12.8. The average molecular weight is 386 g/mol. The van der Waals surface area contributed by atoms with E-state index in [9.17, 15) is 18.5 Å². The summed E-state index contributed by atoms with van der Waals surface area (Å²) >= 11 is 0. The number of imidazole rings is 1. The summed E-state index contributed by atoms with van der Waals surface area (Å²) in [5.74, 6) is 0.777. The summed E-state index contributed by atoms with van der Waals surface area (Å²) in [4.78, 5) is 14.5. The molecule has 8 nitrogen and oxygen atoms in total. The van der Waals surface area contributed by atoms with E-state index in [0.717, 1.165) is 23.1 Å². The number of hydrogen-bond donors (Lipinski definition) is 1. The molecular formula is C18H18N4O4S. The SMILES string of the molecule is Cc1ccc(S(=O)(=O)NCc2ccccc2-n2ccnc2C)cc1[N+](=O)[O-]. The number of aromatic nitrogens is 2. The van der Waals surface area contributed by atoms with Gasteiger partial charge in [0, 0.05) is 30.6 Å². The summed E-state index contributed by atoms with van der Waals surface area (Å²) in [6, 6.07) is 11.2. The molecule has 1 aromatic heterocycles. The van der Waals surface area contributed by atoms with Crippen LogP contribution in [0.5, 0.6) is 0 Å². The van der Waals surface area contributed by atoms with Crippen LogP contribution in [0.3, 0.4) is 0 Å². The highest BCUT2D eigenvalue weighted by Gasteiger charge is 2.20. The molecule has 0 fully saturated rings. The molecule has 27 heavy (non-hydrogen) atoms. The van der Waals surface area contributed by atoms with Crippen LogP contribution in [-0.2, 0) is 16.6 Å². The Labute approximate surface area is 156 Å². The van der Waals surface area contributed by atoms with Crippen LogP contribution in [0.4, 0.5) is 5.69 Å². The van der Waals surface area contributed by atoms with Crippen LogP contribution in [0, 0.1) is 24.0 Å². The maximum atomic E-state index is 12.6. The van der Waals surface area contributed by atoms with Gasteiger partial charge in [0.25, 0.3) is 5.69 Å². The van der Waals surface area contributed by atoms with Gasteiger partial charge in [-0.05, 0) is 31.5 Å². The number of hydrogen-bond acceptors (Lipinski definition) is 5. The third-order valence-corrected chi connectivity index (χ3v) is 5.62. The highest BCUT2D eigenvalue weighted by Crippen LogP contribution is 2.23. The van der Waals surface area contributed by atoms with Crippen molar-refractivity contribution in [3.8, 4) is 5.69 Å². The Bertz CT molecular complexity index is 1110. The number of para-hydroxylation sites is 1. The predicted octanol–water partition coefficient (Wildman–Crippen LogP) is 2.88. The molecular weight excluding hydrogens is 368 g/mol. The van der Waals surface area contributed by atoms with Gasteiger partial charge in [-0.2, -0.15) is 0 Å². The standard InChI is InChI=1S/C18H18N4O4S/c1-13-7-8-16(11-18(13)22(23)24)27(25,26)20-12-15-5-3-4-6-17(15)21-10-9-19-14(21)2/h3-11,20H,12H2,1-2H3. The Morgan fingerprint density at radius 1 is 1.19 bits per heavy atom. The first kappa shape index (κ1) is 18.7. The van der Waals surface area contributed by atoms with Crippen molar-refractivity contribution in [1.82, 2.24) is 14.3 Å². The molecule has 140 valence electrons. The molecule has 0 amide bonds. The minimum Gasteiger partial charge on any atom is -0.304 e. The van der Waals surface area contributed by atoms with Crippen LogP contribution in [0.2, 0.25) is 0 Å². The summed E-state index contributed by atoms with van der Waals surface area (Å²) in [5, 5.41) is 11.1. The van der Waals surface area contributed by atoms with Crippen LogP contribution >= 0.6 is 0 Å². The zero-order valence-corrected chi connectivity index (χ0v) is 15.6. The van der Waals surface area contributed by atoms with Crippen LogP contribution in [0.1, 0.15) is 17.0 Å². The zero-order valence-electron chi connectivity index (χ0n) is 14.8. The number of nitrogens with one attached hydrogen (secondary N) is 1. The van der Waals surface area contributed by atoms with E-state index in [1.807, 2.05) is 35.8 Å². The summed E-state index contributed by atoms with van der Waals surface area (Å²) in [7, 11) is -3.91. The second-order valence-electron chi connectivity index (χ2n) is 6.00. The van der Waals surface area contributed by atoms with Crippen LogP contribution in [0.15, 0.2) is 59.8 Å². The number of rotatable bonds is 6. The average Bonchev–Trinajstić information content (AvgIpc) is 3.06. The number of aryl methyl sites for hydroxylation is 2. The molecule has 0 spiro atoms. The van der Waals surface area contributed by atoms with Gasteiger partial charge in [0.05, 0.1) is 15.5 Å². The topological polar surface area (TPSA) is 107 Å². The van der Waals surface area contributed by atoms with Crippen molar-refractivity contribution < 1.29 is 13.3 Å². The van der Waals surface area contributed by atoms with E-state index in [1.54, 1.807) is 19.3 Å². The van der Waals surface area contributed by atoms with E-state index < -0.39 is 14.9 Å². The number of sulfonamides is 1. The molecule has 0 radical (unpaired) electrons. The first-order valence-electron chi connectivity index (χ1n) is 8.12. The van der Waals surface area contributed by atoms with Gasteiger partial charge >= 0.3 is 0 Å². The molecule has 0 unspecified atom stereocenters. The van der Waals surface area contributed by atoms with Gasteiger partial charge in [-0.25, -0.2) is 18.1 Å². The number of nitro benzene ring substituents is 1. The Kier molecular flexibility index (Phi) is 5.06. The lowest BCUT2D eigenvalue weighted by Crippen LogP contribution is -2.24. The fraction of sp³-hybridized carbons (Fsp3) is 0.167. The molecule has 0 aliphatic rings. The maximum Gasteiger partial charge on any atom is 0.273 e. The fourth-order valence-electron chi connectivity index (χ4n) is 2.74. The Balaban J connectivity index is 1.88. The van der Waals surface area contributed by atoms with Gasteiger partial charge in [0.15, 0.2) is 0 Å². The third kappa shape index (κ3) is 3.88. The zero-order chi connectivity index (χ0) is 19.6. The first-order valence-corrected chi connectivity index (χ1v) is 9.61. The van der Waals surface area contributed by atoms with E-state index in [2.05, 4.69) is 9.71 Å². The van der Waals surface area contributed by atoms with Gasteiger partial charge in [0.2, 0.25) is 10.0 Å². The lowest BCUT2D eigenvalue weighted by molar-refractivity contribution is -0.385. The largest absolute Gasteiger partial charge is 0.304 e. The maximum absolute atomic E-state index is 12.6.